The number of imide groups is 1. The Balaban J connectivity index is 1.11. The van der Waals surface area contributed by atoms with Gasteiger partial charge in [0, 0.05) is 26.2 Å². The predicted octanol–water partition coefficient (Wildman–Crippen LogP) is 8.34. The number of halogens is 2. The number of carbonyl (C=O) groups is 4. The fourth-order valence-corrected chi connectivity index (χ4v) is 7.80. The van der Waals surface area contributed by atoms with Crippen LogP contribution in [0.2, 0.25) is 0 Å². The number of rotatable bonds is 7. The summed E-state index contributed by atoms with van der Waals surface area (Å²) in [6.07, 6.45) is 1.20. The van der Waals surface area contributed by atoms with Crippen molar-refractivity contribution in [3.05, 3.63) is 120 Å². The molecule has 1 aliphatic carbocycles. The molecular formula is C39H30Br2N2O5. The third-order valence-corrected chi connectivity index (χ3v) is 11.9. The summed E-state index contributed by atoms with van der Waals surface area (Å²) in [4.78, 5) is 59.5. The van der Waals surface area contributed by atoms with Gasteiger partial charge < -0.3 is 4.74 Å². The number of anilines is 1. The van der Waals surface area contributed by atoms with Gasteiger partial charge in [0.25, 0.3) is 0 Å². The maximum atomic E-state index is 13.5. The molecule has 2 fully saturated rings. The minimum absolute atomic E-state index is 0.131. The van der Waals surface area contributed by atoms with Gasteiger partial charge in [0.15, 0.2) is 12.4 Å². The molecule has 4 unspecified atom stereocenters. The zero-order chi connectivity index (χ0) is 33.5. The Morgan fingerprint density at radius 2 is 1.38 bits per heavy atom. The van der Waals surface area contributed by atoms with E-state index < -0.39 is 12.6 Å². The van der Waals surface area contributed by atoms with E-state index in [1.165, 1.54) is 4.90 Å². The van der Waals surface area contributed by atoms with Crippen LogP contribution in [0.25, 0.3) is 33.3 Å². The van der Waals surface area contributed by atoms with E-state index in [2.05, 4.69) is 31.9 Å². The lowest BCUT2D eigenvalue weighted by atomic mass is 9.81. The number of Topliss-reactive ketones (excluding diaryl/α,β-unsaturated/α-hetero) is 1. The number of ether oxygens (including phenoxy) is 1. The number of amides is 2. The zero-order valence-corrected chi connectivity index (χ0v) is 29.1. The lowest BCUT2D eigenvalue weighted by molar-refractivity contribution is -0.122. The molecule has 7 rings (SSSR count). The Morgan fingerprint density at radius 1 is 0.771 bits per heavy atom. The van der Waals surface area contributed by atoms with Crippen molar-refractivity contribution in [1.82, 2.24) is 4.98 Å². The summed E-state index contributed by atoms with van der Waals surface area (Å²) in [5.74, 6) is -1.96. The highest BCUT2D eigenvalue weighted by Gasteiger charge is 2.52. The number of esters is 1. The second-order valence-electron chi connectivity index (χ2n) is 12.3. The van der Waals surface area contributed by atoms with E-state index in [4.69, 9.17) is 9.72 Å². The number of hydrogen-bond donors (Lipinski definition) is 0. The number of pyridine rings is 1. The summed E-state index contributed by atoms with van der Waals surface area (Å²) in [7, 11) is 0. The van der Waals surface area contributed by atoms with Crippen molar-refractivity contribution < 1.29 is 23.9 Å². The van der Waals surface area contributed by atoms with Gasteiger partial charge >= 0.3 is 5.97 Å². The van der Waals surface area contributed by atoms with Gasteiger partial charge in [-0.15, -0.1) is 0 Å². The Hall–Kier alpha value is -4.47. The van der Waals surface area contributed by atoms with E-state index in [1.54, 1.807) is 42.5 Å². The number of ketones is 1. The molecule has 0 radical (unpaired) electrons. The summed E-state index contributed by atoms with van der Waals surface area (Å²) < 4.78 is 5.57. The number of nitrogens with zero attached hydrogens (tertiary/aromatic N) is 2. The van der Waals surface area contributed by atoms with Gasteiger partial charge in [-0.25, -0.2) is 9.78 Å². The Labute approximate surface area is 294 Å². The summed E-state index contributed by atoms with van der Waals surface area (Å²) in [5.41, 5.74) is 6.04. The number of alkyl halides is 2. The first-order chi connectivity index (χ1) is 23.2. The van der Waals surface area contributed by atoms with Crippen LogP contribution in [0.15, 0.2) is 103 Å². The molecule has 4 atom stereocenters. The summed E-state index contributed by atoms with van der Waals surface area (Å²) in [6, 6.07) is 31.4. The van der Waals surface area contributed by atoms with Crippen molar-refractivity contribution in [3.8, 4) is 22.4 Å². The van der Waals surface area contributed by atoms with Crippen molar-refractivity contribution in [2.75, 3.05) is 11.5 Å². The molecule has 1 saturated heterocycles. The Morgan fingerprint density at radius 3 is 2.02 bits per heavy atom. The van der Waals surface area contributed by atoms with Gasteiger partial charge in [-0.3, -0.25) is 19.3 Å². The predicted molar refractivity (Wildman–Crippen MR) is 193 cm³/mol. The van der Waals surface area contributed by atoms with E-state index in [1.807, 2.05) is 67.6 Å². The summed E-state index contributed by atoms with van der Waals surface area (Å²) in [6.45, 7) is 1.52. The number of carbonyl (C=O) groups excluding carboxylic acids is 4. The van der Waals surface area contributed by atoms with E-state index in [9.17, 15) is 19.2 Å². The Bertz CT molecular complexity index is 2040. The fraction of sp³-hybridized carbons (Fsp3) is 0.205. The number of hydrogen-bond acceptors (Lipinski definition) is 6. The average Bonchev–Trinajstić information content (AvgIpc) is 3.34. The highest BCUT2D eigenvalue weighted by molar-refractivity contribution is 9.12. The molecule has 1 saturated carbocycles. The standard InChI is InChI=1S/C39H30Br2N2O5/c1-22-7-16-34-28(17-22)31(39(47)48-21-36(44)26-10-8-24(9-11-26)23-5-3-2-4-6-23)20-35(42-34)25-12-14-27(15-13-25)43-37(45)29-18-32(40)33(41)19-30(29)38(43)46/h2-17,20,29-30,32-33H,18-19,21H2,1H3. The molecule has 7 nitrogen and oxygen atoms in total. The van der Waals surface area contributed by atoms with Gasteiger partial charge in [0.1, 0.15) is 0 Å². The number of benzene rings is 4. The second-order valence-corrected chi connectivity index (χ2v) is 14.6. The average molecular weight is 766 g/mol. The molecule has 0 bridgehead atoms. The quantitative estimate of drug-likeness (QED) is 0.0716. The molecule has 2 heterocycles. The monoisotopic (exact) mass is 764 g/mol. The third-order valence-electron chi connectivity index (χ3n) is 9.17. The summed E-state index contributed by atoms with van der Waals surface area (Å²) >= 11 is 7.28. The molecule has 1 aromatic heterocycles. The lowest BCUT2D eigenvalue weighted by Crippen LogP contribution is -2.34. The third kappa shape index (κ3) is 6.13. The maximum Gasteiger partial charge on any atom is 0.339 e. The van der Waals surface area contributed by atoms with Crippen LogP contribution in [0.4, 0.5) is 5.69 Å². The molecule has 0 spiro atoms. The molecule has 4 aromatic carbocycles. The van der Waals surface area contributed by atoms with Gasteiger partial charge in [-0.2, -0.15) is 0 Å². The van der Waals surface area contributed by atoms with Crippen LogP contribution in [0.3, 0.4) is 0 Å². The van der Waals surface area contributed by atoms with Gasteiger partial charge in [0.2, 0.25) is 11.8 Å². The molecule has 48 heavy (non-hydrogen) atoms. The maximum absolute atomic E-state index is 13.5. The number of aromatic nitrogens is 1. The highest BCUT2D eigenvalue weighted by atomic mass is 79.9. The van der Waals surface area contributed by atoms with Crippen LogP contribution in [-0.4, -0.2) is 44.8 Å². The first-order valence-corrected chi connectivity index (χ1v) is 17.5. The molecule has 240 valence electrons. The minimum Gasteiger partial charge on any atom is -0.454 e. The normalized spacial score (nSPS) is 20.5. The van der Waals surface area contributed by atoms with E-state index in [0.717, 1.165) is 16.7 Å². The molecule has 2 amide bonds. The molecule has 1 aliphatic heterocycles. The first-order valence-electron chi connectivity index (χ1n) is 15.7. The van der Waals surface area contributed by atoms with Gasteiger partial charge in [-0.05, 0) is 61.2 Å². The largest absolute Gasteiger partial charge is 0.454 e. The smallest absolute Gasteiger partial charge is 0.339 e. The van der Waals surface area contributed by atoms with Gasteiger partial charge in [0.05, 0.1) is 34.3 Å². The van der Waals surface area contributed by atoms with E-state index >= 15 is 0 Å². The summed E-state index contributed by atoms with van der Waals surface area (Å²) in [5, 5.41) is 0.617. The van der Waals surface area contributed by atoms with Crippen molar-refractivity contribution in [2.45, 2.75) is 29.4 Å². The van der Waals surface area contributed by atoms with Crippen molar-refractivity contribution in [1.29, 1.82) is 0 Å². The fourth-order valence-electron chi connectivity index (χ4n) is 6.56. The SMILES string of the molecule is Cc1ccc2nc(-c3ccc(N4C(=O)C5CC(Br)C(Br)CC5C4=O)cc3)cc(C(=O)OCC(=O)c3ccc(-c4ccccc4)cc3)c2c1. The minimum atomic E-state index is -0.633. The zero-order valence-electron chi connectivity index (χ0n) is 25.9. The van der Waals surface area contributed by atoms with Crippen LogP contribution < -0.4 is 4.90 Å². The van der Waals surface area contributed by atoms with Crippen molar-refractivity contribution in [2.24, 2.45) is 11.8 Å². The van der Waals surface area contributed by atoms with Crippen LogP contribution >= 0.6 is 31.9 Å². The number of aryl methyl sites for hydroxylation is 1. The number of fused-ring (bicyclic) bond motifs is 2. The highest BCUT2D eigenvalue weighted by Crippen LogP contribution is 2.44. The topological polar surface area (TPSA) is 93.6 Å². The first kappa shape index (κ1) is 32.1. The van der Waals surface area contributed by atoms with E-state index in [-0.39, 0.29) is 44.7 Å². The van der Waals surface area contributed by atoms with Crippen LogP contribution in [0.5, 0.6) is 0 Å². The lowest BCUT2D eigenvalue weighted by Gasteiger charge is -2.29. The van der Waals surface area contributed by atoms with Crippen LogP contribution in [0.1, 0.15) is 39.1 Å². The molecule has 0 N–H and O–H groups in total. The molecular weight excluding hydrogens is 736 g/mol. The second kappa shape index (κ2) is 13.2. The Kier molecular flexibility index (Phi) is 8.83. The van der Waals surface area contributed by atoms with Gasteiger partial charge in [-0.1, -0.05) is 110 Å². The van der Waals surface area contributed by atoms with Crippen LogP contribution in [-0.2, 0) is 14.3 Å². The van der Waals surface area contributed by atoms with E-state index in [0.29, 0.717) is 46.3 Å². The van der Waals surface area contributed by atoms with Crippen LogP contribution in [0, 0.1) is 18.8 Å². The van der Waals surface area contributed by atoms with Crippen molar-refractivity contribution in [3.63, 3.8) is 0 Å². The molecule has 2 aliphatic rings. The van der Waals surface area contributed by atoms with Crippen molar-refractivity contribution >= 4 is 72.0 Å². The molecule has 9 heteroatoms. The molecule has 5 aromatic rings.